The monoisotopic (exact) mass is 483 g/mol. The number of aromatic nitrogens is 1. The maximum atomic E-state index is 13.4. The summed E-state index contributed by atoms with van der Waals surface area (Å²) in [7, 11) is 0. The summed E-state index contributed by atoms with van der Waals surface area (Å²) in [5.41, 5.74) is 4.00. The standard InChI is InChI=1S/C24H19F2N3O6/c25-24(26)17(20(24)22(31)32)10-27-21(30)18-9-19(35-29-18)28-23(33)34-11-16-14-7-3-1-5-12(14)13-6-2-4-8-15(13)16/h1-9,16-17,20H,10-11H2,(H,27,30)(H,28,33)(H,31,32)/t17-,20-/m0/s1. The molecule has 0 unspecified atom stereocenters. The van der Waals surface area contributed by atoms with Crippen LogP contribution >= 0.6 is 0 Å². The Bertz CT molecular complexity index is 1280. The van der Waals surface area contributed by atoms with E-state index in [4.69, 9.17) is 14.4 Å². The SMILES string of the molecule is O=C(Nc1cc(C(=O)NC[C@H]2[C@@H](C(=O)O)C2(F)F)no1)OCC1c2ccccc2-c2ccccc21. The molecule has 1 saturated carbocycles. The molecule has 3 N–H and O–H groups in total. The lowest BCUT2D eigenvalue weighted by atomic mass is 9.98. The van der Waals surface area contributed by atoms with Crippen LogP contribution in [0.4, 0.5) is 19.5 Å². The Morgan fingerprint density at radius 1 is 1.06 bits per heavy atom. The van der Waals surface area contributed by atoms with Crippen molar-refractivity contribution < 1.29 is 37.5 Å². The van der Waals surface area contributed by atoms with Gasteiger partial charge in [-0.05, 0) is 22.3 Å². The number of carboxylic acids is 1. The number of aliphatic carboxylic acids is 1. The van der Waals surface area contributed by atoms with Crippen molar-refractivity contribution in [2.24, 2.45) is 11.8 Å². The van der Waals surface area contributed by atoms with Crippen LogP contribution in [-0.2, 0) is 9.53 Å². The quantitative estimate of drug-likeness (QED) is 0.467. The van der Waals surface area contributed by atoms with Gasteiger partial charge in [0.2, 0.25) is 5.88 Å². The van der Waals surface area contributed by atoms with Crippen molar-refractivity contribution in [3.8, 4) is 11.1 Å². The Hall–Kier alpha value is -4.28. The van der Waals surface area contributed by atoms with Gasteiger partial charge in [-0.1, -0.05) is 53.7 Å². The molecule has 2 aliphatic carbocycles. The Morgan fingerprint density at radius 2 is 1.69 bits per heavy atom. The second-order valence-electron chi connectivity index (χ2n) is 8.33. The number of rotatable bonds is 7. The predicted octanol–water partition coefficient (Wildman–Crippen LogP) is 3.73. The molecule has 35 heavy (non-hydrogen) atoms. The molecular formula is C24H19F2N3O6. The first-order chi connectivity index (χ1) is 16.8. The highest BCUT2D eigenvalue weighted by Gasteiger charge is 2.72. The lowest BCUT2D eigenvalue weighted by Crippen LogP contribution is -2.27. The average Bonchev–Trinajstić information content (AvgIpc) is 3.13. The van der Waals surface area contributed by atoms with Crippen LogP contribution in [0, 0.1) is 11.8 Å². The highest BCUT2D eigenvalue weighted by Crippen LogP contribution is 2.54. The smallest absolute Gasteiger partial charge is 0.414 e. The van der Waals surface area contributed by atoms with Gasteiger partial charge in [-0.2, -0.15) is 0 Å². The zero-order chi connectivity index (χ0) is 24.7. The van der Waals surface area contributed by atoms with Crippen LogP contribution in [0.25, 0.3) is 11.1 Å². The third kappa shape index (κ3) is 4.09. The number of carboxylic acid groups (broad SMARTS) is 1. The predicted molar refractivity (Wildman–Crippen MR) is 117 cm³/mol. The molecule has 2 atom stereocenters. The maximum absolute atomic E-state index is 13.4. The number of anilines is 1. The number of benzene rings is 2. The fourth-order valence-electron chi connectivity index (χ4n) is 4.45. The first-order valence-electron chi connectivity index (χ1n) is 10.7. The summed E-state index contributed by atoms with van der Waals surface area (Å²) in [4.78, 5) is 35.2. The van der Waals surface area contributed by atoms with E-state index in [9.17, 15) is 23.2 Å². The van der Waals surface area contributed by atoms with Gasteiger partial charge in [-0.25, -0.2) is 13.6 Å². The van der Waals surface area contributed by atoms with Gasteiger partial charge >= 0.3 is 12.1 Å². The van der Waals surface area contributed by atoms with Crippen LogP contribution in [-0.4, -0.2) is 47.3 Å². The van der Waals surface area contributed by atoms with Crippen LogP contribution in [0.5, 0.6) is 0 Å². The van der Waals surface area contributed by atoms with E-state index in [1.165, 1.54) is 0 Å². The number of alkyl halides is 2. The van der Waals surface area contributed by atoms with Crippen molar-refractivity contribution in [3.63, 3.8) is 0 Å². The molecule has 1 fully saturated rings. The summed E-state index contributed by atoms with van der Waals surface area (Å²) in [6.07, 6.45) is -0.822. The van der Waals surface area contributed by atoms with Gasteiger partial charge in [-0.3, -0.25) is 14.9 Å². The minimum atomic E-state index is -3.38. The molecule has 0 spiro atoms. The molecule has 0 saturated heterocycles. The van der Waals surface area contributed by atoms with Crippen molar-refractivity contribution in [1.82, 2.24) is 10.5 Å². The van der Waals surface area contributed by atoms with Crippen molar-refractivity contribution >= 4 is 23.9 Å². The molecule has 0 aliphatic heterocycles. The summed E-state index contributed by atoms with van der Waals surface area (Å²) >= 11 is 0. The Morgan fingerprint density at radius 3 is 2.29 bits per heavy atom. The number of fused-ring (bicyclic) bond motifs is 3. The van der Waals surface area contributed by atoms with Crippen LogP contribution in [0.15, 0.2) is 59.1 Å². The van der Waals surface area contributed by atoms with E-state index >= 15 is 0 Å². The number of halogens is 2. The maximum Gasteiger partial charge on any atom is 0.414 e. The zero-order valence-electron chi connectivity index (χ0n) is 18.0. The number of ether oxygens (including phenoxy) is 1. The van der Waals surface area contributed by atoms with Gasteiger partial charge < -0.3 is 19.7 Å². The molecule has 1 aromatic heterocycles. The van der Waals surface area contributed by atoms with Gasteiger partial charge in [0.05, 0.1) is 5.92 Å². The van der Waals surface area contributed by atoms with Crippen molar-refractivity contribution in [2.45, 2.75) is 11.8 Å². The Balaban J connectivity index is 1.15. The second kappa shape index (κ2) is 8.49. The van der Waals surface area contributed by atoms with E-state index in [0.29, 0.717) is 0 Å². The fourth-order valence-corrected chi connectivity index (χ4v) is 4.45. The molecule has 9 nitrogen and oxygen atoms in total. The fraction of sp³-hybridized carbons (Fsp3) is 0.250. The van der Waals surface area contributed by atoms with Crippen LogP contribution in [0.1, 0.15) is 27.5 Å². The lowest BCUT2D eigenvalue weighted by Gasteiger charge is -2.13. The first kappa shape index (κ1) is 22.5. The summed E-state index contributed by atoms with van der Waals surface area (Å²) in [5.74, 6) is -9.47. The number of amides is 2. The molecule has 0 bridgehead atoms. The van der Waals surface area contributed by atoms with Gasteiger partial charge in [0.25, 0.3) is 11.8 Å². The number of nitrogens with one attached hydrogen (secondary N) is 2. The molecule has 5 rings (SSSR count). The average molecular weight is 483 g/mol. The number of carbonyl (C=O) groups is 3. The third-order valence-electron chi connectivity index (χ3n) is 6.26. The molecule has 3 aromatic rings. The largest absolute Gasteiger partial charge is 0.481 e. The molecule has 2 aromatic carbocycles. The molecule has 1 heterocycles. The molecule has 180 valence electrons. The summed E-state index contributed by atoms with van der Waals surface area (Å²) in [6.45, 7) is -0.466. The van der Waals surface area contributed by atoms with E-state index in [-0.39, 0.29) is 24.1 Å². The summed E-state index contributed by atoms with van der Waals surface area (Å²) in [6, 6.07) is 16.8. The lowest BCUT2D eigenvalue weighted by molar-refractivity contribution is -0.140. The molecular weight excluding hydrogens is 464 g/mol. The van der Waals surface area contributed by atoms with E-state index < -0.39 is 42.3 Å². The van der Waals surface area contributed by atoms with Crippen molar-refractivity contribution in [3.05, 3.63) is 71.4 Å². The zero-order valence-corrected chi connectivity index (χ0v) is 18.0. The number of hydrogen-bond acceptors (Lipinski definition) is 6. The molecule has 0 radical (unpaired) electrons. The highest BCUT2D eigenvalue weighted by atomic mass is 19.3. The number of carbonyl (C=O) groups excluding carboxylic acids is 2. The first-order valence-corrected chi connectivity index (χ1v) is 10.7. The van der Waals surface area contributed by atoms with E-state index in [1.807, 2.05) is 48.5 Å². The van der Waals surface area contributed by atoms with Gasteiger partial charge in [0.1, 0.15) is 12.5 Å². The van der Waals surface area contributed by atoms with Crippen LogP contribution < -0.4 is 10.6 Å². The minimum absolute atomic E-state index is 0.0711. The Kier molecular flexibility index (Phi) is 5.46. The van der Waals surface area contributed by atoms with Crippen LogP contribution in [0.3, 0.4) is 0 Å². The Labute approximate surface area is 197 Å². The molecule has 2 amide bonds. The van der Waals surface area contributed by atoms with Crippen molar-refractivity contribution in [1.29, 1.82) is 0 Å². The molecule has 2 aliphatic rings. The van der Waals surface area contributed by atoms with Gasteiger partial charge in [0.15, 0.2) is 5.69 Å². The van der Waals surface area contributed by atoms with E-state index in [0.717, 1.165) is 28.3 Å². The topological polar surface area (TPSA) is 131 Å². The molecule has 11 heteroatoms. The van der Waals surface area contributed by atoms with E-state index in [1.54, 1.807) is 0 Å². The number of hydrogen-bond donors (Lipinski definition) is 3. The third-order valence-corrected chi connectivity index (χ3v) is 6.26. The minimum Gasteiger partial charge on any atom is -0.481 e. The summed E-state index contributed by atoms with van der Waals surface area (Å²) < 4.78 is 37.1. The highest BCUT2D eigenvalue weighted by molar-refractivity contribution is 5.94. The summed E-state index contributed by atoms with van der Waals surface area (Å²) in [5, 5.41) is 16.8. The second-order valence-corrected chi connectivity index (χ2v) is 8.33. The van der Waals surface area contributed by atoms with Gasteiger partial charge in [0, 0.05) is 18.5 Å². The van der Waals surface area contributed by atoms with Crippen LogP contribution in [0.2, 0.25) is 0 Å². The normalized spacial score (nSPS) is 19.4. The number of nitrogens with zero attached hydrogens (tertiary/aromatic N) is 1. The van der Waals surface area contributed by atoms with Gasteiger partial charge in [-0.15, -0.1) is 0 Å². The van der Waals surface area contributed by atoms with Crippen molar-refractivity contribution in [2.75, 3.05) is 18.5 Å². The van der Waals surface area contributed by atoms with E-state index in [2.05, 4.69) is 15.8 Å².